The van der Waals surface area contributed by atoms with Gasteiger partial charge in [0, 0.05) is 53.2 Å². The van der Waals surface area contributed by atoms with Crippen molar-refractivity contribution in [3.8, 4) is 16.9 Å². The maximum Gasteiger partial charge on any atom is 0.416 e. The Morgan fingerprint density at radius 3 is 2.58 bits per heavy atom. The van der Waals surface area contributed by atoms with E-state index < -0.39 is 11.7 Å². The van der Waals surface area contributed by atoms with E-state index in [-0.39, 0.29) is 60.9 Å². The average Bonchev–Trinajstić information content (AvgIpc) is 3.60. The van der Waals surface area contributed by atoms with Gasteiger partial charge < -0.3 is 15.0 Å². The lowest BCUT2D eigenvalue weighted by atomic mass is 9.75. The summed E-state index contributed by atoms with van der Waals surface area (Å²) in [5, 5.41) is 3.69. The number of nitrogens with one attached hydrogen (secondary N) is 1. The Kier molecular flexibility index (Phi) is 6.74. The Labute approximate surface area is 239 Å². The molecule has 1 aromatic carbocycles. The van der Waals surface area contributed by atoms with Crippen LogP contribution in [0.3, 0.4) is 0 Å². The summed E-state index contributed by atoms with van der Waals surface area (Å²) < 4.78 is 48.8. The second kappa shape index (κ2) is 9.88. The lowest BCUT2D eigenvalue weighted by Gasteiger charge is -2.41. The Hall–Kier alpha value is -2.89. The molecular weight excluding hydrogens is 565 g/mol. The number of hydrogen-bond acceptors (Lipinski definition) is 7. The van der Waals surface area contributed by atoms with E-state index in [0.717, 1.165) is 41.5 Å². The summed E-state index contributed by atoms with van der Waals surface area (Å²) >= 11 is 1.36. The molecule has 1 atom stereocenters. The zero-order valence-corrected chi connectivity index (χ0v) is 23.2. The molecule has 2 aromatic heterocycles. The van der Waals surface area contributed by atoms with Gasteiger partial charge in [0.1, 0.15) is 12.4 Å². The van der Waals surface area contributed by atoms with Gasteiger partial charge in [0.15, 0.2) is 0 Å². The number of carbonyl (C=O) groups excluding carboxylic acids is 2. The van der Waals surface area contributed by atoms with E-state index in [1.54, 1.807) is 12.3 Å². The number of likely N-dealkylation sites (tertiary alicyclic amines) is 1. The van der Waals surface area contributed by atoms with Crippen molar-refractivity contribution in [2.24, 2.45) is 0 Å². The molecule has 2 saturated heterocycles. The molecule has 1 saturated carbocycles. The standard InChI is InChI=1S/C28H27F3N4O3S.ClH/c29-28(30,31)16-10-20(25-22(11-16)38-9-8-34(25)17-13-27(33-14-17)5-1-6-27)19-4-7-32-21-12-18(39-26(19)21)15-35-23(36)2-3-24(35)37;/h4,7,10-12,17,33H,1-3,5-6,8-9,13-15H2;1H/t17-;/m1./s1. The number of amides is 2. The quantitative estimate of drug-likeness (QED) is 0.401. The fraction of sp³-hybridized carbons (Fsp3) is 0.464. The summed E-state index contributed by atoms with van der Waals surface area (Å²) in [5.41, 5.74) is 1.79. The molecule has 3 aromatic rings. The molecule has 1 aliphatic carbocycles. The highest BCUT2D eigenvalue weighted by molar-refractivity contribution is 7.19. The van der Waals surface area contributed by atoms with E-state index in [2.05, 4.69) is 15.2 Å². The summed E-state index contributed by atoms with van der Waals surface area (Å²) in [6.07, 6.45) is 1.89. The van der Waals surface area contributed by atoms with E-state index in [1.165, 1.54) is 28.7 Å². The number of thiophene rings is 1. The molecule has 7 rings (SSSR count). The van der Waals surface area contributed by atoms with Gasteiger partial charge in [-0.2, -0.15) is 13.2 Å². The van der Waals surface area contributed by atoms with E-state index in [1.807, 2.05) is 6.07 Å². The Balaban J connectivity index is 0.00000289. The van der Waals surface area contributed by atoms with Gasteiger partial charge in [-0.25, -0.2) is 0 Å². The highest BCUT2D eigenvalue weighted by atomic mass is 35.5. The molecular formula is C28H28ClF3N4O3S. The Morgan fingerprint density at radius 2 is 1.90 bits per heavy atom. The number of imide groups is 1. The van der Waals surface area contributed by atoms with Gasteiger partial charge in [-0.05, 0) is 49.9 Å². The lowest BCUT2D eigenvalue weighted by Crippen LogP contribution is -2.46. The maximum atomic E-state index is 14.1. The molecule has 7 nitrogen and oxygen atoms in total. The van der Waals surface area contributed by atoms with Crippen molar-refractivity contribution in [1.82, 2.24) is 15.2 Å². The van der Waals surface area contributed by atoms with Crippen LogP contribution in [0.5, 0.6) is 5.75 Å². The molecule has 212 valence electrons. The number of alkyl halides is 3. The van der Waals surface area contributed by atoms with Gasteiger partial charge in [-0.3, -0.25) is 19.5 Å². The van der Waals surface area contributed by atoms with E-state index in [4.69, 9.17) is 4.74 Å². The first-order valence-corrected chi connectivity index (χ1v) is 14.1. The van der Waals surface area contributed by atoms with Crippen LogP contribution in [0, 0.1) is 0 Å². The zero-order valence-electron chi connectivity index (χ0n) is 21.6. The highest BCUT2D eigenvalue weighted by Crippen LogP contribution is 2.50. The minimum atomic E-state index is -4.54. The predicted octanol–water partition coefficient (Wildman–Crippen LogP) is 5.54. The molecule has 3 fully saturated rings. The van der Waals surface area contributed by atoms with Gasteiger partial charge in [-0.15, -0.1) is 23.7 Å². The normalized spacial score (nSPS) is 21.9. The summed E-state index contributed by atoms with van der Waals surface area (Å²) in [6, 6.07) is 6.07. The molecule has 1 N–H and O–H groups in total. The van der Waals surface area contributed by atoms with Crippen LogP contribution in [0.4, 0.5) is 18.9 Å². The number of benzene rings is 1. The van der Waals surface area contributed by atoms with Crippen molar-refractivity contribution in [3.63, 3.8) is 0 Å². The van der Waals surface area contributed by atoms with Crippen molar-refractivity contribution in [2.45, 2.75) is 62.8 Å². The van der Waals surface area contributed by atoms with E-state index in [0.29, 0.717) is 35.5 Å². The van der Waals surface area contributed by atoms with Crippen LogP contribution in [0.15, 0.2) is 30.5 Å². The van der Waals surface area contributed by atoms with E-state index >= 15 is 0 Å². The van der Waals surface area contributed by atoms with Crippen molar-refractivity contribution in [1.29, 1.82) is 0 Å². The number of nitrogens with zero attached hydrogens (tertiary/aromatic N) is 3. The van der Waals surface area contributed by atoms with Crippen LogP contribution in [0.1, 0.15) is 49.0 Å². The number of halogens is 4. The molecule has 5 heterocycles. The van der Waals surface area contributed by atoms with Crippen LogP contribution < -0.4 is 15.0 Å². The topological polar surface area (TPSA) is 74.8 Å². The van der Waals surface area contributed by atoms with Gasteiger partial charge in [-0.1, -0.05) is 0 Å². The number of aromatic nitrogens is 1. The fourth-order valence-electron chi connectivity index (χ4n) is 6.48. The van der Waals surface area contributed by atoms with Crippen molar-refractivity contribution in [2.75, 3.05) is 24.6 Å². The number of hydrogen-bond donors (Lipinski definition) is 1. The molecule has 40 heavy (non-hydrogen) atoms. The second-order valence-electron chi connectivity index (χ2n) is 10.9. The number of carbonyl (C=O) groups is 2. The number of pyridine rings is 1. The molecule has 0 radical (unpaired) electrons. The highest BCUT2D eigenvalue weighted by Gasteiger charge is 2.46. The van der Waals surface area contributed by atoms with Gasteiger partial charge in [0.05, 0.1) is 34.6 Å². The average molecular weight is 593 g/mol. The first-order chi connectivity index (χ1) is 18.7. The second-order valence-corrected chi connectivity index (χ2v) is 12.1. The molecule has 3 aliphatic heterocycles. The van der Waals surface area contributed by atoms with Gasteiger partial charge in [0.25, 0.3) is 0 Å². The largest absolute Gasteiger partial charge is 0.490 e. The van der Waals surface area contributed by atoms with Crippen molar-refractivity contribution >= 4 is 51.5 Å². The predicted molar refractivity (Wildman–Crippen MR) is 148 cm³/mol. The Morgan fingerprint density at radius 1 is 1.12 bits per heavy atom. The SMILES string of the molecule is Cl.O=C1CCC(=O)N1Cc1cc2nccc(-c3cc(C(F)(F)F)cc4c3N([C@H]3CNC5(CCC5)C3)CCO4)c2s1. The monoisotopic (exact) mass is 592 g/mol. The molecule has 1 spiro atoms. The summed E-state index contributed by atoms with van der Waals surface area (Å²) in [5.74, 6) is -0.171. The third kappa shape index (κ3) is 4.52. The summed E-state index contributed by atoms with van der Waals surface area (Å²) in [7, 11) is 0. The molecule has 2 amide bonds. The van der Waals surface area contributed by atoms with Crippen LogP contribution in [-0.2, 0) is 22.3 Å². The molecule has 4 aliphatic rings. The zero-order chi connectivity index (χ0) is 26.9. The lowest BCUT2D eigenvalue weighted by molar-refractivity contribution is -0.139. The van der Waals surface area contributed by atoms with Gasteiger partial charge >= 0.3 is 6.18 Å². The van der Waals surface area contributed by atoms with Crippen LogP contribution in [0.2, 0.25) is 0 Å². The van der Waals surface area contributed by atoms with Crippen molar-refractivity contribution in [3.05, 3.63) is 40.9 Å². The van der Waals surface area contributed by atoms with E-state index in [9.17, 15) is 22.8 Å². The first-order valence-electron chi connectivity index (χ1n) is 13.3. The smallest absolute Gasteiger partial charge is 0.416 e. The number of rotatable bonds is 4. The minimum absolute atomic E-state index is 0. The molecule has 0 unspecified atom stereocenters. The third-order valence-corrected chi connectivity index (χ3v) is 9.73. The summed E-state index contributed by atoms with van der Waals surface area (Å²) in [4.78, 5) is 33.1. The molecule has 12 heteroatoms. The molecule has 0 bridgehead atoms. The summed E-state index contributed by atoms with van der Waals surface area (Å²) in [6.45, 7) is 1.84. The number of ether oxygens (including phenoxy) is 1. The first kappa shape index (κ1) is 27.3. The van der Waals surface area contributed by atoms with Crippen molar-refractivity contribution < 1.29 is 27.5 Å². The third-order valence-electron chi connectivity index (χ3n) is 8.59. The van der Waals surface area contributed by atoms with Crippen LogP contribution in [0.25, 0.3) is 21.3 Å². The maximum absolute atomic E-state index is 14.1. The van der Waals surface area contributed by atoms with Crippen LogP contribution >= 0.6 is 23.7 Å². The van der Waals surface area contributed by atoms with Crippen LogP contribution in [-0.4, -0.2) is 53.0 Å². The fourth-order valence-corrected chi connectivity index (χ4v) is 7.61. The number of fused-ring (bicyclic) bond motifs is 2. The van der Waals surface area contributed by atoms with Gasteiger partial charge in [0.2, 0.25) is 11.8 Å². The Bertz CT molecular complexity index is 1490. The minimum Gasteiger partial charge on any atom is -0.490 e. The number of anilines is 1.